The van der Waals surface area contributed by atoms with Gasteiger partial charge in [-0.3, -0.25) is 4.99 Å². The standard InChI is InChI=1S/C15H27BN2/c1-15(16)9-4-6-12-8-11-18(3)14(17-2)13(12)7-5-10-15/h12-13H,4-11H2,1-3H3. The lowest BCUT2D eigenvalue weighted by atomic mass is 9.64. The van der Waals surface area contributed by atoms with Crippen molar-refractivity contribution < 1.29 is 0 Å². The lowest BCUT2D eigenvalue weighted by molar-refractivity contribution is 0.252. The third-order valence-electron chi connectivity index (χ3n) is 4.94. The fourth-order valence-electron chi connectivity index (χ4n) is 3.83. The molecule has 0 bridgehead atoms. The van der Waals surface area contributed by atoms with Crippen LogP contribution in [0.25, 0.3) is 0 Å². The second-order valence-corrected chi connectivity index (χ2v) is 6.60. The van der Waals surface area contributed by atoms with Gasteiger partial charge in [0.05, 0.1) is 7.85 Å². The van der Waals surface area contributed by atoms with Crippen molar-refractivity contribution in [3.05, 3.63) is 0 Å². The average Bonchev–Trinajstić information content (AvgIpc) is 2.37. The predicted molar refractivity (Wildman–Crippen MR) is 79.4 cm³/mol. The molecule has 3 atom stereocenters. The van der Waals surface area contributed by atoms with Crippen LogP contribution in [0.4, 0.5) is 0 Å². The van der Waals surface area contributed by atoms with E-state index >= 15 is 0 Å². The average molecular weight is 246 g/mol. The first kappa shape index (κ1) is 14.0. The fourth-order valence-corrected chi connectivity index (χ4v) is 3.83. The Bertz CT molecular complexity index is 312. The number of aliphatic imine (C=N–C) groups is 1. The van der Waals surface area contributed by atoms with Crippen molar-refractivity contribution in [1.29, 1.82) is 0 Å². The van der Waals surface area contributed by atoms with E-state index in [1.165, 1.54) is 50.9 Å². The highest BCUT2D eigenvalue weighted by Crippen LogP contribution is 2.41. The molecule has 2 radical (unpaired) electrons. The van der Waals surface area contributed by atoms with Crippen LogP contribution in [-0.2, 0) is 0 Å². The molecule has 1 aliphatic heterocycles. The second-order valence-electron chi connectivity index (χ2n) is 6.60. The molecule has 2 aliphatic rings. The Morgan fingerprint density at radius 1 is 1.22 bits per heavy atom. The Balaban J connectivity index is 2.11. The molecule has 100 valence electrons. The number of piperidine rings is 1. The quantitative estimate of drug-likeness (QED) is 0.599. The van der Waals surface area contributed by atoms with E-state index in [0.29, 0.717) is 5.92 Å². The van der Waals surface area contributed by atoms with Gasteiger partial charge < -0.3 is 4.90 Å². The SMILES string of the molecule is [B]C1(C)CCCC2CCN(C)C(=NC)C2CCC1. The lowest BCUT2D eigenvalue weighted by Crippen LogP contribution is -2.43. The zero-order valence-corrected chi connectivity index (χ0v) is 12.3. The summed E-state index contributed by atoms with van der Waals surface area (Å²) in [5.41, 5.74) is 0. The molecular formula is C15H27BN2. The molecule has 0 N–H and O–H groups in total. The first-order chi connectivity index (χ1) is 8.53. The van der Waals surface area contributed by atoms with Crippen LogP contribution in [0.2, 0.25) is 5.31 Å². The van der Waals surface area contributed by atoms with Crippen LogP contribution >= 0.6 is 0 Å². The van der Waals surface area contributed by atoms with Crippen LogP contribution in [0.15, 0.2) is 4.99 Å². The van der Waals surface area contributed by atoms with E-state index in [0.717, 1.165) is 12.3 Å². The number of likely N-dealkylation sites (tertiary alicyclic amines) is 1. The molecule has 0 amide bonds. The minimum Gasteiger partial charge on any atom is -0.363 e. The van der Waals surface area contributed by atoms with Gasteiger partial charge in [0.15, 0.2) is 0 Å². The van der Waals surface area contributed by atoms with Crippen LogP contribution in [0.5, 0.6) is 0 Å². The third kappa shape index (κ3) is 3.10. The van der Waals surface area contributed by atoms with E-state index in [2.05, 4.69) is 23.9 Å². The summed E-state index contributed by atoms with van der Waals surface area (Å²) in [4.78, 5) is 6.93. The van der Waals surface area contributed by atoms with Gasteiger partial charge in [0.1, 0.15) is 5.84 Å². The largest absolute Gasteiger partial charge is 0.363 e. The predicted octanol–water partition coefficient (Wildman–Crippen LogP) is 3.28. The summed E-state index contributed by atoms with van der Waals surface area (Å²) < 4.78 is 0. The van der Waals surface area contributed by atoms with Crippen molar-refractivity contribution in [3.63, 3.8) is 0 Å². The summed E-state index contributed by atoms with van der Waals surface area (Å²) in [5.74, 6) is 2.86. The topological polar surface area (TPSA) is 15.6 Å². The molecule has 3 heteroatoms. The highest BCUT2D eigenvalue weighted by molar-refractivity contribution is 6.14. The number of hydrogen-bond donors (Lipinski definition) is 0. The first-order valence-corrected chi connectivity index (χ1v) is 7.50. The Kier molecular flexibility index (Phi) is 4.39. The molecule has 1 saturated carbocycles. The summed E-state index contributed by atoms with van der Waals surface area (Å²) >= 11 is 0. The maximum Gasteiger partial charge on any atom is 0.102 e. The number of fused-ring (bicyclic) bond motifs is 1. The van der Waals surface area contributed by atoms with Crippen LogP contribution in [0, 0.1) is 11.8 Å². The summed E-state index contributed by atoms with van der Waals surface area (Å²) in [7, 11) is 10.5. The van der Waals surface area contributed by atoms with Crippen molar-refractivity contribution in [2.45, 2.75) is 57.2 Å². The maximum absolute atomic E-state index is 6.36. The number of rotatable bonds is 0. The fraction of sp³-hybridized carbons (Fsp3) is 0.933. The van der Waals surface area contributed by atoms with Gasteiger partial charge in [-0.1, -0.05) is 37.9 Å². The van der Waals surface area contributed by atoms with Gasteiger partial charge in [0.2, 0.25) is 0 Å². The van der Waals surface area contributed by atoms with Gasteiger partial charge in [-0.25, -0.2) is 0 Å². The highest BCUT2D eigenvalue weighted by Gasteiger charge is 2.33. The van der Waals surface area contributed by atoms with Crippen molar-refractivity contribution in [1.82, 2.24) is 4.90 Å². The minimum atomic E-state index is 0.0584. The van der Waals surface area contributed by atoms with Crippen LogP contribution in [-0.4, -0.2) is 39.2 Å². The van der Waals surface area contributed by atoms with Crippen molar-refractivity contribution >= 4 is 13.7 Å². The van der Waals surface area contributed by atoms with Gasteiger partial charge in [-0.05, 0) is 25.2 Å². The summed E-state index contributed by atoms with van der Waals surface area (Å²) in [6.45, 7) is 3.40. The summed E-state index contributed by atoms with van der Waals surface area (Å²) in [6.07, 6.45) is 8.83. The number of hydrogen-bond acceptors (Lipinski definition) is 1. The lowest BCUT2D eigenvalue weighted by Gasteiger charge is -2.39. The van der Waals surface area contributed by atoms with Gasteiger partial charge in [-0.2, -0.15) is 0 Å². The molecule has 2 fully saturated rings. The Hall–Kier alpha value is -0.465. The normalized spacial score (nSPS) is 40.8. The van der Waals surface area contributed by atoms with E-state index in [1.807, 2.05) is 7.05 Å². The zero-order chi connectivity index (χ0) is 13.2. The Morgan fingerprint density at radius 2 is 1.89 bits per heavy atom. The van der Waals surface area contributed by atoms with E-state index in [4.69, 9.17) is 7.85 Å². The maximum atomic E-state index is 6.36. The molecule has 18 heavy (non-hydrogen) atoms. The molecule has 1 saturated heterocycles. The number of amidine groups is 1. The van der Waals surface area contributed by atoms with Crippen LogP contribution in [0.3, 0.4) is 0 Å². The molecule has 2 nitrogen and oxygen atoms in total. The van der Waals surface area contributed by atoms with Gasteiger partial charge in [-0.15, -0.1) is 0 Å². The molecule has 0 aromatic carbocycles. The van der Waals surface area contributed by atoms with Crippen molar-refractivity contribution in [2.75, 3.05) is 20.6 Å². The second kappa shape index (κ2) is 5.67. The molecule has 1 aliphatic carbocycles. The Labute approximate surface area is 114 Å². The monoisotopic (exact) mass is 246 g/mol. The first-order valence-electron chi connectivity index (χ1n) is 7.50. The number of nitrogens with zero attached hydrogens (tertiary/aromatic N) is 2. The molecule has 1 heterocycles. The third-order valence-corrected chi connectivity index (χ3v) is 4.94. The molecule has 0 aromatic rings. The van der Waals surface area contributed by atoms with Gasteiger partial charge >= 0.3 is 0 Å². The summed E-state index contributed by atoms with van der Waals surface area (Å²) in [6, 6.07) is 0. The van der Waals surface area contributed by atoms with Gasteiger partial charge in [0, 0.05) is 26.6 Å². The smallest absolute Gasteiger partial charge is 0.102 e. The van der Waals surface area contributed by atoms with Crippen LogP contribution in [0.1, 0.15) is 51.9 Å². The van der Waals surface area contributed by atoms with Crippen molar-refractivity contribution in [2.24, 2.45) is 16.8 Å². The van der Waals surface area contributed by atoms with E-state index in [1.54, 1.807) is 0 Å². The zero-order valence-electron chi connectivity index (χ0n) is 12.3. The van der Waals surface area contributed by atoms with Crippen LogP contribution < -0.4 is 0 Å². The van der Waals surface area contributed by atoms with E-state index in [9.17, 15) is 0 Å². The van der Waals surface area contributed by atoms with E-state index < -0.39 is 0 Å². The summed E-state index contributed by atoms with van der Waals surface area (Å²) in [5, 5.41) is 0.0584. The molecule has 0 aromatic heterocycles. The highest BCUT2D eigenvalue weighted by atomic mass is 15.2. The van der Waals surface area contributed by atoms with Crippen molar-refractivity contribution in [3.8, 4) is 0 Å². The minimum absolute atomic E-state index is 0.0584. The molecule has 3 unspecified atom stereocenters. The molecular weight excluding hydrogens is 219 g/mol. The van der Waals surface area contributed by atoms with E-state index in [-0.39, 0.29) is 5.31 Å². The molecule has 2 rings (SSSR count). The Morgan fingerprint density at radius 3 is 2.56 bits per heavy atom. The van der Waals surface area contributed by atoms with Gasteiger partial charge in [0.25, 0.3) is 0 Å². The molecule has 0 spiro atoms.